The molecule has 2 heteroatoms. The van der Waals surface area contributed by atoms with Crippen molar-refractivity contribution >= 4 is 55.6 Å². The maximum absolute atomic E-state index is 3.63. The van der Waals surface area contributed by atoms with E-state index in [1.165, 1.54) is 41.1 Å². The molecule has 1 nitrogen and oxygen atoms in total. The first-order valence-corrected chi connectivity index (χ1v) is 8.44. The molecule has 0 fully saturated rings. The first-order valence-electron chi connectivity index (χ1n) is 6.72. The van der Waals surface area contributed by atoms with Crippen LogP contribution in [0.2, 0.25) is 0 Å². The van der Waals surface area contributed by atoms with Gasteiger partial charge in [0.25, 0.3) is 0 Å². The summed E-state index contributed by atoms with van der Waals surface area (Å²) in [6.45, 7) is 0. The number of aromatic amines is 1. The summed E-state index contributed by atoms with van der Waals surface area (Å²) in [5, 5.41) is 5.52. The Balaban J connectivity index is 2.10. The van der Waals surface area contributed by atoms with E-state index in [9.17, 15) is 0 Å². The predicted molar refractivity (Wildman–Crippen MR) is 87.8 cm³/mol. The molecule has 5 rings (SSSR count). The third-order valence-corrected chi connectivity index (χ3v) is 6.55. The minimum atomic E-state index is 0.409. The molecule has 0 bridgehead atoms. The molecule has 94 valence electrons. The number of aromatic nitrogens is 1. The van der Waals surface area contributed by atoms with Crippen LogP contribution in [0.1, 0.15) is 0 Å². The zero-order chi connectivity index (χ0) is 13.1. The fraction of sp³-hybridized carbons (Fsp3) is 0. The van der Waals surface area contributed by atoms with Crippen LogP contribution in [0.15, 0.2) is 60.7 Å². The van der Waals surface area contributed by atoms with Gasteiger partial charge in [-0.25, -0.2) is 0 Å². The van der Waals surface area contributed by atoms with Crippen molar-refractivity contribution in [3.63, 3.8) is 0 Å². The third-order valence-electron chi connectivity index (χ3n) is 4.02. The van der Waals surface area contributed by atoms with Crippen LogP contribution >= 0.6 is 0 Å². The van der Waals surface area contributed by atoms with Crippen molar-refractivity contribution in [2.45, 2.75) is 0 Å². The molecule has 0 spiro atoms. The molecule has 0 saturated heterocycles. The molecule has 0 aliphatic rings. The molecule has 5 aromatic rings. The number of nitrogens with one attached hydrogen (secondary N) is 1. The second-order valence-corrected chi connectivity index (χ2v) is 7.34. The Labute approximate surface area is 121 Å². The van der Waals surface area contributed by atoms with Crippen molar-refractivity contribution in [2.24, 2.45) is 0 Å². The van der Waals surface area contributed by atoms with Gasteiger partial charge in [0.15, 0.2) is 0 Å². The summed E-state index contributed by atoms with van der Waals surface area (Å²) in [5.74, 6) is 0. The van der Waals surface area contributed by atoms with E-state index < -0.39 is 0 Å². The van der Waals surface area contributed by atoms with Gasteiger partial charge in [-0.05, 0) is 0 Å². The van der Waals surface area contributed by atoms with E-state index in [1.807, 2.05) is 0 Å². The van der Waals surface area contributed by atoms with Crippen molar-refractivity contribution in [3.05, 3.63) is 60.7 Å². The molecule has 0 amide bonds. The summed E-state index contributed by atoms with van der Waals surface area (Å²) in [7, 11) is 0. The summed E-state index contributed by atoms with van der Waals surface area (Å²) in [6, 6.07) is 21.9. The molecule has 0 atom stereocenters. The molecule has 3 aromatic carbocycles. The number of rotatable bonds is 0. The summed E-state index contributed by atoms with van der Waals surface area (Å²) >= 11 is 0.409. The summed E-state index contributed by atoms with van der Waals surface area (Å²) in [6.07, 6.45) is 0. The Bertz CT molecular complexity index is 1010. The minimum absolute atomic E-state index is 0.409. The van der Waals surface area contributed by atoms with E-state index in [2.05, 4.69) is 65.6 Å². The van der Waals surface area contributed by atoms with Crippen molar-refractivity contribution in [1.29, 1.82) is 0 Å². The van der Waals surface area contributed by atoms with Gasteiger partial charge in [-0.3, -0.25) is 0 Å². The van der Waals surface area contributed by atoms with E-state index in [-0.39, 0.29) is 0 Å². The van der Waals surface area contributed by atoms with Gasteiger partial charge in [-0.1, -0.05) is 0 Å². The Morgan fingerprint density at radius 1 is 0.650 bits per heavy atom. The molecule has 0 radical (unpaired) electrons. The van der Waals surface area contributed by atoms with Crippen LogP contribution in [0.4, 0.5) is 0 Å². The zero-order valence-electron chi connectivity index (χ0n) is 10.7. The Kier molecular flexibility index (Phi) is 2.01. The number of fused-ring (bicyclic) bond motifs is 7. The van der Waals surface area contributed by atoms with Crippen LogP contribution in [-0.2, 0) is 0 Å². The zero-order valence-corrected chi connectivity index (χ0v) is 12.4. The van der Waals surface area contributed by atoms with E-state index >= 15 is 0 Å². The second kappa shape index (κ2) is 3.76. The van der Waals surface area contributed by atoms with E-state index in [1.54, 1.807) is 0 Å². The number of hydrogen-bond donors (Lipinski definition) is 1. The van der Waals surface area contributed by atoms with Crippen LogP contribution in [0.3, 0.4) is 0 Å². The average molecular weight is 320 g/mol. The van der Waals surface area contributed by atoms with Crippen LogP contribution in [-0.4, -0.2) is 19.5 Å². The van der Waals surface area contributed by atoms with E-state index in [4.69, 9.17) is 0 Å². The molecular formula is C18H11NSe. The van der Waals surface area contributed by atoms with Crippen molar-refractivity contribution in [1.82, 2.24) is 4.98 Å². The van der Waals surface area contributed by atoms with Crippen molar-refractivity contribution < 1.29 is 0 Å². The van der Waals surface area contributed by atoms with Gasteiger partial charge in [0, 0.05) is 0 Å². The molecule has 0 aliphatic carbocycles. The molecule has 1 N–H and O–H groups in total. The second-order valence-electron chi connectivity index (χ2n) is 5.13. The van der Waals surface area contributed by atoms with Gasteiger partial charge < -0.3 is 0 Å². The normalized spacial score (nSPS) is 12.0. The fourth-order valence-electron chi connectivity index (χ4n) is 3.10. The first kappa shape index (κ1) is 10.7. The SMILES string of the molecule is c1ccc2c(c1)[nH]c1c2ccc2c3ccccc3[se]c21. The van der Waals surface area contributed by atoms with Gasteiger partial charge >= 0.3 is 121 Å². The molecule has 2 heterocycles. The number of hydrogen-bond acceptors (Lipinski definition) is 0. The molecule has 0 unspecified atom stereocenters. The monoisotopic (exact) mass is 321 g/mol. The Hall–Kier alpha value is -2.02. The first-order chi connectivity index (χ1) is 9.92. The number of para-hydroxylation sites is 1. The van der Waals surface area contributed by atoms with Gasteiger partial charge in [0.2, 0.25) is 0 Å². The van der Waals surface area contributed by atoms with Gasteiger partial charge in [-0.2, -0.15) is 0 Å². The Morgan fingerprint density at radius 3 is 2.35 bits per heavy atom. The van der Waals surface area contributed by atoms with E-state index in [0.29, 0.717) is 14.5 Å². The van der Waals surface area contributed by atoms with Crippen molar-refractivity contribution in [3.8, 4) is 0 Å². The van der Waals surface area contributed by atoms with Gasteiger partial charge in [0.05, 0.1) is 0 Å². The summed E-state index contributed by atoms with van der Waals surface area (Å²) in [4.78, 5) is 3.63. The fourth-order valence-corrected chi connectivity index (χ4v) is 5.63. The van der Waals surface area contributed by atoms with Gasteiger partial charge in [0.1, 0.15) is 0 Å². The molecule has 0 aliphatic heterocycles. The van der Waals surface area contributed by atoms with Crippen LogP contribution in [0.25, 0.3) is 41.1 Å². The predicted octanol–water partition coefficient (Wildman–Crippen LogP) is 4.68. The average Bonchev–Trinajstić information content (AvgIpc) is 3.05. The topological polar surface area (TPSA) is 15.8 Å². The quantitative estimate of drug-likeness (QED) is 0.399. The van der Waals surface area contributed by atoms with Crippen LogP contribution < -0.4 is 0 Å². The number of H-pyrrole nitrogens is 1. The molecule has 0 saturated carbocycles. The van der Waals surface area contributed by atoms with Crippen LogP contribution in [0.5, 0.6) is 0 Å². The van der Waals surface area contributed by atoms with Crippen LogP contribution in [0, 0.1) is 0 Å². The van der Waals surface area contributed by atoms with Gasteiger partial charge in [-0.15, -0.1) is 0 Å². The summed E-state index contributed by atoms with van der Waals surface area (Å²) in [5.41, 5.74) is 2.57. The molecular weight excluding hydrogens is 309 g/mol. The molecule has 20 heavy (non-hydrogen) atoms. The van der Waals surface area contributed by atoms with Crippen molar-refractivity contribution in [2.75, 3.05) is 0 Å². The standard InChI is InChI=1S/C18H11NSe/c1-3-7-15-11(5-1)13-9-10-14-12-6-2-4-8-16(12)20-18(14)17(13)19-15/h1-10,19H. The maximum atomic E-state index is 3.63. The van der Waals surface area contributed by atoms with E-state index in [0.717, 1.165) is 0 Å². The third kappa shape index (κ3) is 1.28. The summed E-state index contributed by atoms with van der Waals surface area (Å²) < 4.78 is 3.01. The number of benzene rings is 3. The Morgan fingerprint density at radius 2 is 1.40 bits per heavy atom. The molecule has 2 aromatic heterocycles.